The van der Waals surface area contributed by atoms with Crippen LogP contribution in [0.5, 0.6) is 11.5 Å². The molecule has 2 amide bonds. The molecule has 0 saturated heterocycles. The number of aromatic nitrogens is 1. The predicted octanol–water partition coefficient (Wildman–Crippen LogP) is 2.17. The average molecular weight is 393 g/mol. The third-order valence-corrected chi connectivity index (χ3v) is 4.95. The third kappa shape index (κ3) is 4.18. The Labute approximate surface area is 168 Å². The number of nitrogens with zero attached hydrogens (tertiary/aromatic N) is 2. The average Bonchev–Trinajstić information content (AvgIpc) is 3.32. The predicted molar refractivity (Wildman–Crippen MR) is 109 cm³/mol. The Morgan fingerprint density at radius 3 is 2.86 bits per heavy atom. The molecule has 0 radical (unpaired) electrons. The van der Waals surface area contributed by atoms with E-state index in [2.05, 4.69) is 28.1 Å². The number of hydrogen-bond donors (Lipinski definition) is 1. The zero-order valence-corrected chi connectivity index (χ0v) is 16.3. The Kier molecular flexibility index (Phi) is 5.37. The molecular weight excluding hydrogens is 370 g/mol. The molecule has 7 nitrogen and oxygen atoms in total. The molecule has 1 aromatic heterocycles. The minimum Gasteiger partial charge on any atom is -0.454 e. The first-order chi connectivity index (χ1) is 14.1. The fourth-order valence-corrected chi connectivity index (χ4v) is 3.56. The number of ether oxygens (including phenoxy) is 2. The van der Waals surface area contributed by atoms with Gasteiger partial charge in [0, 0.05) is 37.8 Å². The Morgan fingerprint density at radius 2 is 2.00 bits per heavy atom. The number of hydrogen-bond acceptors (Lipinski definition) is 4. The molecule has 3 aromatic rings. The van der Waals surface area contributed by atoms with Gasteiger partial charge in [0.15, 0.2) is 11.5 Å². The molecule has 0 aliphatic carbocycles. The highest BCUT2D eigenvalue weighted by atomic mass is 16.7. The van der Waals surface area contributed by atoms with Gasteiger partial charge in [-0.3, -0.25) is 9.59 Å². The number of benzene rings is 2. The first-order valence-electron chi connectivity index (χ1n) is 9.52. The highest BCUT2D eigenvalue weighted by Gasteiger charge is 2.15. The molecule has 0 unspecified atom stereocenters. The monoisotopic (exact) mass is 393 g/mol. The summed E-state index contributed by atoms with van der Waals surface area (Å²) >= 11 is 0. The van der Waals surface area contributed by atoms with E-state index in [1.165, 1.54) is 4.90 Å². The van der Waals surface area contributed by atoms with Crippen LogP contribution in [0, 0.1) is 0 Å². The van der Waals surface area contributed by atoms with Crippen molar-refractivity contribution < 1.29 is 19.1 Å². The van der Waals surface area contributed by atoms with Gasteiger partial charge in [0.1, 0.15) is 0 Å². The van der Waals surface area contributed by atoms with Crippen molar-refractivity contribution in [1.29, 1.82) is 0 Å². The van der Waals surface area contributed by atoms with Gasteiger partial charge >= 0.3 is 0 Å². The van der Waals surface area contributed by atoms with Crippen molar-refractivity contribution in [3.63, 3.8) is 0 Å². The molecule has 0 spiro atoms. The molecule has 4 rings (SSSR count). The van der Waals surface area contributed by atoms with E-state index in [1.54, 1.807) is 7.05 Å². The van der Waals surface area contributed by atoms with Crippen molar-refractivity contribution >= 4 is 23.2 Å². The van der Waals surface area contributed by atoms with Gasteiger partial charge in [-0.1, -0.05) is 24.3 Å². The number of para-hydroxylation sites is 1. The quantitative estimate of drug-likeness (QED) is 0.596. The van der Waals surface area contributed by atoms with Gasteiger partial charge in [0.05, 0.1) is 6.54 Å². The summed E-state index contributed by atoms with van der Waals surface area (Å²) in [5.41, 5.74) is 3.42. The van der Waals surface area contributed by atoms with Crippen molar-refractivity contribution in [3.05, 3.63) is 59.8 Å². The summed E-state index contributed by atoms with van der Waals surface area (Å²) in [5.74, 6) is 1.38. The lowest BCUT2D eigenvalue weighted by Gasteiger charge is -2.14. The van der Waals surface area contributed by atoms with Crippen LogP contribution in [0.4, 0.5) is 0 Å². The van der Waals surface area contributed by atoms with Gasteiger partial charge in [-0.25, -0.2) is 0 Å². The largest absolute Gasteiger partial charge is 0.454 e. The lowest BCUT2D eigenvalue weighted by molar-refractivity contribution is -0.127. The number of carbonyl (C=O) groups excluding carboxylic acids is 2. The fraction of sp³-hybridized carbons (Fsp3) is 0.273. The van der Waals surface area contributed by atoms with Crippen molar-refractivity contribution in [1.82, 2.24) is 14.8 Å². The van der Waals surface area contributed by atoms with E-state index in [4.69, 9.17) is 9.47 Å². The summed E-state index contributed by atoms with van der Waals surface area (Å²) in [7, 11) is 1.58. The van der Waals surface area contributed by atoms with E-state index in [-0.39, 0.29) is 19.2 Å². The highest BCUT2D eigenvalue weighted by Crippen LogP contribution is 2.33. The molecule has 1 N–H and O–H groups in total. The third-order valence-electron chi connectivity index (χ3n) is 4.95. The van der Waals surface area contributed by atoms with Gasteiger partial charge < -0.3 is 24.3 Å². The van der Waals surface area contributed by atoms with Crippen molar-refractivity contribution in [3.8, 4) is 11.5 Å². The zero-order valence-electron chi connectivity index (χ0n) is 16.3. The van der Waals surface area contributed by atoms with Crippen LogP contribution < -0.4 is 14.8 Å². The van der Waals surface area contributed by atoms with Crippen molar-refractivity contribution in [2.24, 2.45) is 0 Å². The van der Waals surface area contributed by atoms with Gasteiger partial charge in [0.25, 0.3) is 0 Å². The van der Waals surface area contributed by atoms with E-state index in [1.807, 2.05) is 30.3 Å². The maximum Gasteiger partial charge on any atom is 0.239 e. The maximum atomic E-state index is 11.9. The maximum absolute atomic E-state index is 11.9. The van der Waals surface area contributed by atoms with E-state index >= 15 is 0 Å². The molecule has 150 valence electrons. The second-order valence-corrected chi connectivity index (χ2v) is 7.08. The van der Waals surface area contributed by atoms with E-state index in [0.29, 0.717) is 19.5 Å². The Balaban J connectivity index is 1.51. The molecule has 1 aliphatic heterocycles. The van der Waals surface area contributed by atoms with E-state index in [0.717, 1.165) is 40.1 Å². The summed E-state index contributed by atoms with van der Waals surface area (Å²) in [4.78, 5) is 23.9. The van der Waals surface area contributed by atoms with E-state index in [9.17, 15) is 9.59 Å². The molecule has 0 bridgehead atoms. The molecule has 0 saturated carbocycles. The van der Waals surface area contributed by atoms with E-state index < -0.39 is 0 Å². The second kappa shape index (κ2) is 8.26. The number of carbonyl (C=O) groups is 2. The number of amides is 2. The molecule has 1 aliphatic rings. The second-order valence-electron chi connectivity index (χ2n) is 7.08. The first-order valence-corrected chi connectivity index (χ1v) is 9.52. The standard InChI is InChI=1S/C22H23N3O4/c1-24(14-26)13-22(27)23-8-9-25-18(12-17-4-2-3-5-19(17)25)10-16-6-7-20-21(11-16)29-15-28-20/h2-7,11-12,14H,8-10,13,15H2,1H3,(H,23,27). The molecule has 29 heavy (non-hydrogen) atoms. The molecule has 2 aromatic carbocycles. The molecule has 0 atom stereocenters. The minimum absolute atomic E-state index is 0.0555. The topological polar surface area (TPSA) is 72.8 Å². The van der Waals surface area contributed by atoms with Crippen LogP contribution in [-0.2, 0) is 22.6 Å². The molecule has 7 heteroatoms. The lowest BCUT2D eigenvalue weighted by Crippen LogP contribution is -2.36. The fourth-order valence-electron chi connectivity index (χ4n) is 3.56. The van der Waals surface area contributed by atoms with Crippen LogP contribution in [0.25, 0.3) is 10.9 Å². The SMILES string of the molecule is CN(C=O)CC(=O)NCCn1c(Cc2ccc3c(c2)OCO3)cc2ccccc21. The summed E-state index contributed by atoms with van der Waals surface area (Å²) in [6, 6.07) is 16.4. The summed E-state index contributed by atoms with van der Waals surface area (Å²) in [6.07, 6.45) is 1.38. The summed E-state index contributed by atoms with van der Waals surface area (Å²) < 4.78 is 13.1. The number of fused-ring (bicyclic) bond motifs is 2. The minimum atomic E-state index is -0.173. The van der Waals surface area contributed by atoms with Gasteiger partial charge in [-0.2, -0.15) is 0 Å². The van der Waals surface area contributed by atoms with Crippen LogP contribution in [0.3, 0.4) is 0 Å². The van der Waals surface area contributed by atoms with Crippen LogP contribution >= 0.6 is 0 Å². The Bertz CT molecular complexity index is 1040. The number of rotatable bonds is 8. The van der Waals surface area contributed by atoms with Gasteiger partial charge in [0.2, 0.25) is 19.1 Å². The number of likely N-dealkylation sites (N-methyl/N-ethyl adjacent to an activating group) is 1. The normalized spacial score (nSPS) is 12.2. The first kappa shape index (κ1) is 18.9. The smallest absolute Gasteiger partial charge is 0.239 e. The van der Waals surface area contributed by atoms with Crippen LogP contribution in [0.1, 0.15) is 11.3 Å². The highest BCUT2D eigenvalue weighted by molar-refractivity contribution is 5.82. The Hall–Kier alpha value is -3.48. The Morgan fingerprint density at radius 1 is 1.17 bits per heavy atom. The molecular formula is C22H23N3O4. The van der Waals surface area contributed by atoms with Crippen molar-refractivity contribution in [2.75, 3.05) is 26.9 Å². The molecule has 2 heterocycles. The lowest BCUT2D eigenvalue weighted by atomic mass is 10.1. The number of nitrogens with one attached hydrogen (secondary N) is 1. The van der Waals surface area contributed by atoms with Crippen LogP contribution in [-0.4, -0.2) is 48.7 Å². The van der Waals surface area contributed by atoms with Crippen LogP contribution in [0.2, 0.25) is 0 Å². The summed E-state index contributed by atoms with van der Waals surface area (Å²) in [6.45, 7) is 1.44. The van der Waals surface area contributed by atoms with Gasteiger partial charge in [-0.15, -0.1) is 0 Å². The van der Waals surface area contributed by atoms with Crippen molar-refractivity contribution in [2.45, 2.75) is 13.0 Å². The van der Waals surface area contributed by atoms with Crippen LogP contribution in [0.15, 0.2) is 48.5 Å². The van der Waals surface area contributed by atoms with Gasteiger partial charge in [-0.05, 0) is 35.2 Å². The summed E-state index contributed by atoms with van der Waals surface area (Å²) in [5, 5.41) is 4.04. The zero-order chi connectivity index (χ0) is 20.2. The molecule has 0 fully saturated rings.